The van der Waals surface area contributed by atoms with E-state index in [2.05, 4.69) is 4.98 Å². The molecule has 0 saturated carbocycles. The smallest absolute Gasteiger partial charge is 0.312 e. The number of aliphatic carboxylic acids is 1. The molecule has 2 heterocycles. The number of hydrogen-bond acceptors (Lipinski definition) is 3. The molecule has 0 aliphatic heterocycles. The summed E-state index contributed by atoms with van der Waals surface area (Å²) in [5.41, 5.74) is 0.611. The van der Waals surface area contributed by atoms with Gasteiger partial charge in [-0.2, -0.15) is 0 Å². The van der Waals surface area contributed by atoms with E-state index in [-0.39, 0.29) is 0 Å². The largest absolute Gasteiger partial charge is 0.481 e. The van der Waals surface area contributed by atoms with Crippen molar-refractivity contribution < 1.29 is 9.90 Å². The number of thiazole rings is 1. The Kier molecular flexibility index (Phi) is 1.81. The predicted molar refractivity (Wildman–Crippen MR) is 49.1 cm³/mol. The number of aromatic nitrogens is 2. The normalized spacial score (nSPS) is 13.3. The van der Waals surface area contributed by atoms with Crippen LogP contribution < -0.4 is 0 Å². The Morgan fingerprint density at radius 2 is 2.54 bits per heavy atom. The summed E-state index contributed by atoms with van der Waals surface area (Å²) >= 11 is 1.50. The van der Waals surface area contributed by atoms with Gasteiger partial charge in [0.2, 0.25) is 0 Å². The fourth-order valence-corrected chi connectivity index (χ4v) is 1.79. The molecule has 0 spiro atoms. The van der Waals surface area contributed by atoms with E-state index in [4.69, 9.17) is 5.11 Å². The molecule has 68 valence electrons. The molecule has 13 heavy (non-hydrogen) atoms. The van der Waals surface area contributed by atoms with Gasteiger partial charge in [-0.15, -0.1) is 11.3 Å². The molecule has 1 atom stereocenters. The summed E-state index contributed by atoms with van der Waals surface area (Å²) < 4.78 is 1.83. The molecule has 1 N–H and O–H groups in total. The molecular weight excluding hydrogens is 188 g/mol. The summed E-state index contributed by atoms with van der Waals surface area (Å²) in [6.07, 6.45) is 3.62. The second-order valence-electron chi connectivity index (χ2n) is 2.82. The second-order valence-corrected chi connectivity index (χ2v) is 3.69. The minimum atomic E-state index is -0.842. The van der Waals surface area contributed by atoms with Crippen molar-refractivity contribution >= 4 is 22.3 Å². The highest BCUT2D eigenvalue weighted by atomic mass is 32.1. The maximum Gasteiger partial charge on any atom is 0.312 e. The van der Waals surface area contributed by atoms with Gasteiger partial charge in [-0.25, -0.2) is 4.98 Å². The summed E-state index contributed by atoms with van der Waals surface area (Å²) in [6.45, 7) is 1.63. The number of carboxylic acids is 1. The average Bonchev–Trinajstić information content (AvgIpc) is 2.59. The van der Waals surface area contributed by atoms with E-state index in [9.17, 15) is 4.79 Å². The summed E-state index contributed by atoms with van der Waals surface area (Å²) in [5.74, 6) is -1.38. The van der Waals surface area contributed by atoms with Gasteiger partial charge >= 0.3 is 5.97 Å². The standard InChI is InChI=1S/C8H8N2O2S/c1-5(7(11)12)6-4-10-2-3-13-8(10)9-6/h2-5H,1H3,(H,11,12)/t5-/m0/s1. The van der Waals surface area contributed by atoms with Crippen molar-refractivity contribution in [1.82, 2.24) is 9.38 Å². The van der Waals surface area contributed by atoms with E-state index in [0.29, 0.717) is 5.69 Å². The van der Waals surface area contributed by atoms with Crippen molar-refractivity contribution in [1.29, 1.82) is 0 Å². The molecule has 0 aromatic carbocycles. The van der Waals surface area contributed by atoms with Crippen LogP contribution in [0.5, 0.6) is 0 Å². The Bertz CT molecular complexity index is 417. The summed E-state index contributed by atoms with van der Waals surface area (Å²) in [7, 11) is 0. The lowest BCUT2D eigenvalue weighted by Gasteiger charge is -1.98. The molecule has 0 aliphatic rings. The maximum absolute atomic E-state index is 10.7. The van der Waals surface area contributed by atoms with Crippen LogP contribution in [0.4, 0.5) is 0 Å². The number of imidazole rings is 1. The van der Waals surface area contributed by atoms with Crippen LogP contribution in [-0.2, 0) is 4.79 Å². The maximum atomic E-state index is 10.7. The highest BCUT2D eigenvalue weighted by molar-refractivity contribution is 7.15. The van der Waals surface area contributed by atoms with Gasteiger partial charge < -0.3 is 5.11 Å². The van der Waals surface area contributed by atoms with Crippen LogP contribution in [0.2, 0.25) is 0 Å². The van der Waals surface area contributed by atoms with Crippen LogP contribution >= 0.6 is 11.3 Å². The molecule has 0 unspecified atom stereocenters. The molecule has 2 rings (SSSR count). The Labute approximate surface area is 78.5 Å². The molecule has 2 aromatic heterocycles. The van der Waals surface area contributed by atoms with Crippen molar-refractivity contribution in [3.05, 3.63) is 23.5 Å². The Morgan fingerprint density at radius 1 is 1.77 bits per heavy atom. The van der Waals surface area contributed by atoms with Crippen molar-refractivity contribution in [2.75, 3.05) is 0 Å². The number of carboxylic acid groups (broad SMARTS) is 1. The zero-order chi connectivity index (χ0) is 9.42. The van der Waals surface area contributed by atoms with Crippen LogP contribution in [0.3, 0.4) is 0 Å². The molecule has 0 bridgehead atoms. The molecule has 5 heteroatoms. The minimum absolute atomic E-state index is 0.535. The van der Waals surface area contributed by atoms with Gasteiger partial charge in [0.25, 0.3) is 0 Å². The van der Waals surface area contributed by atoms with Crippen LogP contribution in [0.15, 0.2) is 17.8 Å². The molecule has 0 radical (unpaired) electrons. The monoisotopic (exact) mass is 196 g/mol. The summed E-state index contributed by atoms with van der Waals surface area (Å²) in [6, 6.07) is 0. The van der Waals surface area contributed by atoms with Crippen molar-refractivity contribution in [2.24, 2.45) is 0 Å². The zero-order valence-corrected chi connectivity index (χ0v) is 7.78. The summed E-state index contributed by atoms with van der Waals surface area (Å²) in [4.78, 5) is 15.7. The average molecular weight is 196 g/mol. The quantitative estimate of drug-likeness (QED) is 0.793. The number of fused-ring (bicyclic) bond motifs is 1. The first-order valence-electron chi connectivity index (χ1n) is 3.83. The van der Waals surface area contributed by atoms with Gasteiger partial charge in [-0.3, -0.25) is 9.20 Å². The molecule has 2 aromatic rings. The number of carbonyl (C=O) groups is 1. The van der Waals surface area contributed by atoms with Crippen molar-refractivity contribution in [2.45, 2.75) is 12.8 Å². The Morgan fingerprint density at radius 3 is 3.15 bits per heavy atom. The van der Waals surface area contributed by atoms with E-state index in [1.165, 1.54) is 11.3 Å². The van der Waals surface area contributed by atoms with E-state index in [1.54, 1.807) is 13.1 Å². The first kappa shape index (κ1) is 8.25. The van der Waals surface area contributed by atoms with Crippen LogP contribution in [0.25, 0.3) is 4.96 Å². The van der Waals surface area contributed by atoms with Crippen LogP contribution in [0.1, 0.15) is 18.5 Å². The number of rotatable bonds is 2. The SMILES string of the molecule is C[C@H](C(=O)O)c1cn2ccsc2n1. The lowest BCUT2D eigenvalue weighted by atomic mass is 10.1. The molecule has 4 nitrogen and oxygen atoms in total. The summed E-state index contributed by atoms with van der Waals surface area (Å²) in [5, 5.41) is 10.7. The van der Waals surface area contributed by atoms with Crippen molar-refractivity contribution in [3.63, 3.8) is 0 Å². The van der Waals surface area contributed by atoms with Gasteiger partial charge in [0.1, 0.15) is 0 Å². The van der Waals surface area contributed by atoms with E-state index >= 15 is 0 Å². The number of nitrogens with zero attached hydrogens (tertiary/aromatic N) is 2. The molecule has 0 saturated heterocycles. The van der Waals surface area contributed by atoms with E-state index < -0.39 is 11.9 Å². The van der Waals surface area contributed by atoms with Crippen LogP contribution in [0, 0.1) is 0 Å². The van der Waals surface area contributed by atoms with Gasteiger partial charge in [0.05, 0.1) is 11.6 Å². The number of hydrogen-bond donors (Lipinski definition) is 1. The third-order valence-electron chi connectivity index (χ3n) is 1.93. The molecular formula is C8H8N2O2S. The fraction of sp³-hybridized carbons (Fsp3) is 0.250. The Hall–Kier alpha value is -1.36. The highest BCUT2D eigenvalue weighted by Gasteiger charge is 2.17. The third kappa shape index (κ3) is 1.31. The lowest BCUT2D eigenvalue weighted by molar-refractivity contribution is -0.138. The van der Waals surface area contributed by atoms with E-state index in [0.717, 1.165) is 4.96 Å². The van der Waals surface area contributed by atoms with E-state index in [1.807, 2.05) is 16.0 Å². The minimum Gasteiger partial charge on any atom is -0.481 e. The van der Waals surface area contributed by atoms with Gasteiger partial charge in [0, 0.05) is 17.8 Å². The lowest BCUT2D eigenvalue weighted by Crippen LogP contribution is -2.07. The van der Waals surface area contributed by atoms with Gasteiger partial charge in [-0.1, -0.05) is 0 Å². The first-order chi connectivity index (χ1) is 6.18. The van der Waals surface area contributed by atoms with Gasteiger partial charge in [0.15, 0.2) is 4.96 Å². The van der Waals surface area contributed by atoms with Gasteiger partial charge in [-0.05, 0) is 6.92 Å². The molecule has 0 amide bonds. The fourth-order valence-electron chi connectivity index (χ4n) is 1.08. The van der Waals surface area contributed by atoms with Crippen molar-refractivity contribution in [3.8, 4) is 0 Å². The topological polar surface area (TPSA) is 54.6 Å². The zero-order valence-electron chi connectivity index (χ0n) is 6.97. The first-order valence-corrected chi connectivity index (χ1v) is 4.71. The highest BCUT2D eigenvalue weighted by Crippen LogP contribution is 2.18. The third-order valence-corrected chi connectivity index (χ3v) is 2.70. The molecule has 0 aliphatic carbocycles. The Balaban J connectivity index is 2.44. The second kappa shape index (κ2) is 2.85. The molecule has 0 fully saturated rings. The van der Waals surface area contributed by atoms with Crippen LogP contribution in [-0.4, -0.2) is 20.5 Å². The predicted octanol–water partition coefficient (Wildman–Crippen LogP) is 1.58.